The molecule has 5 heteroatoms. The summed E-state index contributed by atoms with van der Waals surface area (Å²) in [5.41, 5.74) is 2.99. The second kappa shape index (κ2) is 4.65. The van der Waals surface area contributed by atoms with Crippen LogP contribution in [0, 0.1) is 17.2 Å². The molecule has 1 saturated heterocycles. The number of halogens is 1. The summed E-state index contributed by atoms with van der Waals surface area (Å²) in [5, 5.41) is 10.9. The minimum absolute atomic E-state index is 0.0203. The summed E-state index contributed by atoms with van der Waals surface area (Å²) in [6.07, 6.45) is 6.13. The predicted octanol–water partition coefficient (Wildman–Crippen LogP) is 2.77. The van der Waals surface area contributed by atoms with Gasteiger partial charge in [0.15, 0.2) is 0 Å². The van der Waals surface area contributed by atoms with E-state index in [0.29, 0.717) is 0 Å². The maximum Gasteiger partial charge on any atom is 0.123 e. The summed E-state index contributed by atoms with van der Waals surface area (Å²) in [5.74, 6) is -0.0695. The average molecular weight is 314 g/mol. The van der Waals surface area contributed by atoms with Crippen molar-refractivity contribution in [3.05, 3.63) is 42.1 Å². The first-order valence-corrected chi connectivity index (χ1v) is 8.27. The third-order valence-electron chi connectivity index (χ3n) is 6.15. The Morgan fingerprint density at radius 1 is 1.30 bits per heavy atom. The molecule has 3 aliphatic rings. The zero-order valence-electron chi connectivity index (χ0n) is 12.8. The Balaban J connectivity index is 1.53. The number of rotatable bonds is 1. The fourth-order valence-corrected chi connectivity index (χ4v) is 4.89. The largest absolute Gasteiger partial charge is 0.392 e. The van der Waals surface area contributed by atoms with E-state index in [4.69, 9.17) is 4.74 Å². The Labute approximate surface area is 133 Å². The van der Waals surface area contributed by atoms with Gasteiger partial charge in [0, 0.05) is 30.1 Å². The number of ether oxygens (including phenoxy) is 1. The summed E-state index contributed by atoms with van der Waals surface area (Å²) >= 11 is 0. The Morgan fingerprint density at radius 2 is 2.13 bits per heavy atom. The summed E-state index contributed by atoms with van der Waals surface area (Å²) in [6.45, 7) is 1.49. The molecule has 5 rings (SSSR count). The highest BCUT2D eigenvalue weighted by Gasteiger charge is 2.57. The Hall–Kier alpha value is -1.72. The zero-order valence-corrected chi connectivity index (χ0v) is 12.8. The Kier molecular flexibility index (Phi) is 2.77. The maximum absolute atomic E-state index is 13.7. The monoisotopic (exact) mass is 314 g/mol. The molecule has 1 aliphatic carbocycles. The highest BCUT2D eigenvalue weighted by Crippen LogP contribution is 2.59. The minimum Gasteiger partial charge on any atom is -0.392 e. The van der Waals surface area contributed by atoms with Gasteiger partial charge in [0.1, 0.15) is 5.82 Å². The van der Waals surface area contributed by atoms with E-state index >= 15 is 0 Å². The maximum atomic E-state index is 13.7. The average Bonchev–Trinajstić information content (AvgIpc) is 3.15. The molecule has 3 atom stereocenters. The van der Waals surface area contributed by atoms with Gasteiger partial charge in [-0.25, -0.2) is 9.37 Å². The lowest BCUT2D eigenvalue weighted by Gasteiger charge is -2.56. The van der Waals surface area contributed by atoms with Crippen LogP contribution < -0.4 is 0 Å². The molecule has 1 aromatic heterocycles. The van der Waals surface area contributed by atoms with Crippen molar-refractivity contribution in [2.75, 3.05) is 13.2 Å². The van der Waals surface area contributed by atoms with Crippen LogP contribution in [0.25, 0.3) is 11.3 Å². The van der Waals surface area contributed by atoms with Gasteiger partial charge in [0.2, 0.25) is 0 Å². The normalized spacial score (nSPS) is 30.8. The van der Waals surface area contributed by atoms with Crippen LogP contribution in [0.4, 0.5) is 4.39 Å². The number of fused-ring (bicyclic) bond motifs is 3. The smallest absolute Gasteiger partial charge is 0.123 e. The number of benzene rings is 1. The van der Waals surface area contributed by atoms with Gasteiger partial charge in [0.25, 0.3) is 0 Å². The van der Waals surface area contributed by atoms with E-state index in [1.807, 2.05) is 6.07 Å². The van der Waals surface area contributed by atoms with Crippen molar-refractivity contribution >= 4 is 0 Å². The van der Waals surface area contributed by atoms with E-state index in [1.165, 1.54) is 6.07 Å². The van der Waals surface area contributed by atoms with Gasteiger partial charge in [-0.1, -0.05) is 6.07 Å². The standard InChI is InChI=1S/C18H19FN2O2/c19-11-1-2-12-13(7-11)15-9-20-10-21(15)16(12)14-8-18(17(14)22)3-5-23-6-4-18/h1-2,7,9-10,14,16-17,22H,3-6,8H2/t14-,16?,17-/m0/s1. The molecule has 1 unspecified atom stereocenters. The number of nitrogens with zero attached hydrogens (tertiary/aromatic N) is 2. The number of hydrogen-bond donors (Lipinski definition) is 1. The third kappa shape index (κ3) is 1.75. The van der Waals surface area contributed by atoms with E-state index in [1.54, 1.807) is 18.6 Å². The fourth-order valence-electron chi connectivity index (χ4n) is 4.89. The molecular formula is C18H19FN2O2. The van der Waals surface area contributed by atoms with E-state index in [9.17, 15) is 9.50 Å². The Bertz CT molecular complexity index is 766. The van der Waals surface area contributed by atoms with Crippen LogP contribution in [0.5, 0.6) is 0 Å². The van der Waals surface area contributed by atoms with E-state index < -0.39 is 0 Å². The molecule has 4 nitrogen and oxygen atoms in total. The SMILES string of the molecule is O[C@H]1[C@H](C2c3ccc(F)cc3-c3cncn32)CC12CCOCC2. The summed E-state index contributed by atoms with van der Waals surface area (Å²) in [4.78, 5) is 4.23. The van der Waals surface area contributed by atoms with Crippen LogP contribution in [0.3, 0.4) is 0 Å². The van der Waals surface area contributed by atoms with E-state index in [0.717, 1.165) is 49.3 Å². The second-order valence-electron chi connectivity index (χ2n) is 7.15. The van der Waals surface area contributed by atoms with Crippen LogP contribution in [0.1, 0.15) is 30.9 Å². The van der Waals surface area contributed by atoms with Gasteiger partial charge < -0.3 is 14.4 Å². The van der Waals surface area contributed by atoms with Gasteiger partial charge in [-0.15, -0.1) is 0 Å². The zero-order chi connectivity index (χ0) is 15.6. The van der Waals surface area contributed by atoms with Crippen molar-refractivity contribution in [3.63, 3.8) is 0 Å². The first-order valence-electron chi connectivity index (χ1n) is 8.27. The molecule has 3 heterocycles. The lowest BCUT2D eigenvalue weighted by molar-refractivity contribution is -0.173. The van der Waals surface area contributed by atoms with Crippen molar-refractivity contribution in [1.82, 2.24) is 9.55 Å². The molecule has 0 amide bonds. The van der Waals surface area contributed by atoms with Crippen molar-refractivity contribution in [2.24, 2.45) is 11.3 Å². The first-order chi connectivity index (χ1) is 11.2. The number of imidazole rings is 1. The van der Waals surface area contributed by atoms with Crippen LogP contribution in [0.2, 0.25) is 0 Å². The molecule has 1 spiro atoms. The minimum atomic E-state index is -0.331. The van der Waals surface area contributed by atoms with E-state index in [-0.39, 0.29) is 29.3 Å². The molecule has 1 aromatic carbocycles. The van der Waals surface area contributed by atoms with E-state index in [2.05, 4.69) is 9.55 Å². The van der Waals surface area contributed by atoms with Crippen molar-refractivity contribution < 1.29 is 14.2 Å². The first kappa shape index (κ1) is 13.7. The molecule has 2 aliphatic heterocycles. The molecular weight excluding hydrogens is 295 g/mol. The van der Waals surface area contributed by atoms with Gasteiger partial charge in [-0.05, 0) is 37.0 Å². The lowest BCUT2D eigenvalue weighted by atomic mass is 9.53. The highest BCUT2D eigenvalue weighted by atomic mass is 19.1. The van der Waals surface area contributed by atoms with Crippen LogP contribution in [0.15, 0.2) is 30.7 Å². The topological polar surface area (TPSA) is 47.3 Å². The lowest BCUT2D eigenvalue weighted by Crippen LogP contribution is -2.57. The summed E-state index contributed by atoms with van der Waals surface area (Å²) in [6, 6.07) is 5.02. The molecule has 0 radical (unpaired) electrons. The number of aliphatic hydroxyl groups is 1. The van der Waals surface area contributed by atoms with Gasteiger partial charge in [-0.3, -0.25) is 0 Å². The van der Waals surface area contributed by atoms with Crippen molar-refractivity contribution in [1.29, 1.82) is 0 Å². The van der Waals surface area contributed by atoms with Gasteiger partial charge in [-0.2, -0.15) is 0 Å². The van der Waals surface area contributed by atoms with Crippen LogP contribution in [-0.4, -0.2) is 34.0 Å². The highest BCUT2D eigenvalue weighted by molar-refractivity contribution is 5.69. The van der Waals surface area contributed by atoms with Crippen LogP contribution >= 0.6 is 0 Å². The number of aromatic nitrogens is 2. The fraction of sp³-hybridized carbons (Fsp3) is 0.500. The molecule has 2 aromatic rings. The second-order valence-corrected chi connectivity index (χ2v) is 7.15. The quantitative estimate of drug-likeness (QED) is 0.880. The van der Waals surface area contributed by atoms with Gasteiger partial charge in [0.05, 0.1) is 30.4 Å². The summed E-state index contributed by atoms with van der Waals surface area (Å²) in [7, 11) is 0. The number of hydrogen-bond acceptors (Lipinski definition) is 3. The third-order valence-corrected chi connectivity index (χ3v) is 6.15. The summed E-state index contributed by atoms with van der Waals surface area (Å²) < 4.78 is 21.2. The van der Waals surface area contributed by atoms with Crippen molar-refractivity contribution in [3.8, 4) is 11.3 Å². The number of aliphatic hydroxyl groups excluding tert-OH is 1. The molecule has 23 heavy (non-hydrogen) atoms. The molecule has 2 fully saturated rings. The van der Waals surface area contributed by atoms with Crippen LogP contribution in [-0.2, 0) is 4.74 Å². The predicted molar refractivity (Wildman–Crippen MR) is 82.4 cm³/mol. The molecule has 120 valence electrons. The molecule has 0 bridgehead atoms. The van der Waals surface area contributed by atoms with Crippen molar-refractivity contribution in [2.45, 2.75) is 31.4 Å². The molecule has 1 saturated carbocycles. The Morgan fingerprint density at radius 3 is 2.91 bits per heavy atom. The molecule has 1 N–H and O–H groups in total. The van der Waals surface area contributed by atoms with Gasteiger partial charge >= 0.3 is 0 Å².